The van der Waals surface area contributed by atoms with Crippen molar-refractivity contribution in [2.75, 3.05) is 11.5 Å². The van der Waals surface area contributed by atoms with E-state index in [-0.39, 0.29) is 0 Å². The second kappa shape index (κ2) is 12.8. The van der Waals surface area contributed by atoms with Gasteiger partial charge in [-0.15, -0.1) is 0 Å². The van der Waals surface area contributed by atoms with Crippen LogP contribution in [-0.2, 0) is 0 Å². The lowest BCUT2D eigenvalue weighted by molar-refractivity contribution is 1.43. The molecule has 0 aliphatic rings. The van der Waals surface area contributed by atoms with Crippen LogP contribution >= 0.6 is 93.0 Å². The molecule has 7 heteroatoms. The highest BCUT2D eigenvalue weighted by Crippen LogP contribution is 2.24. The number of hydrogen-bond donors (Lipinski definition) is 2. The summed E-state index contributed by atoms with van der Waals surface area (Å²) in [5.74, 6) is 0. The molecule has 0 aliphatic carbocycles. The molecule has 0 spiro atoms. The number of nitrogen functional groups attached to an aromatic ring is 2. The van der Waals surface area contributed by atoms with Gasteiger partial charge < -0.3 is 11.5 Å². The molecule has 3 rings (SSSR count). The fraction of sp³-hybridized carbons (Fsp3) is 0.143. The number of rotatable bonds is 0. The molecular weight excluding hydrogens is 774 g/mol. The van der Waals surface area contributed by atoms with E-state index in [0.717, 1.165) is 39.5 Å². The lowest BCUT2D eigenvalue weighted by atomic mass is 10.2. The molecule has 0 aliphatic heterocycles. The minimum absolute atomic E-state index is 0.846. The van der Waals surface area contributed by atoms with Crippen LogP contribution in [-0.4, -0.2) is 0 Å². The predicted octanol–water partition coefficient (Wildman–Crippen LogP) is 8.65. The molecule has 150 valence electrons. The standard InChI is InChI=1S/C7H7BrIN.C7H6BrI.C7H8BrN/c1-4-2-5(8)3-6(9)7(4)10;1-5-2-6(8)4-7(9)3-5;1-5-4-6(8)2-3-7(5)9/h2-3H,10H2,1H3;2-4H,1H3;2-4H,9H2,1H3. The van der Waals surface area contributed by atoms with Crippen molar-refractivity contribution in [3.05, 3.63) is 85.8 Å². The first-order chi connectivity index (χ1) is 13.0. The van der Waals surface area contributed by atoms with E-state index < -0.39 is 0 Å². The largest absolute Gasteiger partial charge is 0.399 e. The Kier molecular flexibility index (Phi) is 11.9. The Balaban J connectivity index is 0.000000210. The Morgan fingerprint density at radius 3 is 1.71 bits per heavy atom. The van der Waals surface area contributed by atoms with Crippen molar-refractivity contribution in [3.8, 4) is 0 Å². The molecule has 0 saturated carbocycles. The van der Waals surface area contributed by atoms with Gasteiger partial charge in [-0.1, -0.05) is 47.8 Å². The fourth-order valence-corrected chi connectivity index (χ4v) is 6.14. The number of nitrogens with two attached hydrogens (primary N) is 2. The van der Waals surface area contributed by atoms with Crippen molar-refractivity contribution in [1.82, 2.24) is 0 Å². The molecule has 4 N–H and O–H groups in total. The highest BCUT2D eigenvalue weighted by molar-refractivity contribution is 14.1. The van der Waals surface area contributed by atoms with E-state index in [0.29, 0.717) is 0 Å². The van der Waals surface area contributed by atoms with Gasteiger partial charge in [0.1, 0.15) is 0 Å². The third-order valence-electron chi connectivity index (χ3n) is 3.54. The van der Waals surface area contributed by atoms with Crippen LogP contribution in [0.3, 0.4) is 0 Å². The Labute approximate surface area is 219 Å². The Morgan fingerprint density at radius 1 is 0.679 bits per heavy atom. The van der Waals surface area contributed by atoms with Gasteiger partial charge in [0, 0.05) is 31.9 Å². The third-order valence-corrected chi connectivity index (χ3v) is 6.46. The topological polar surface area (TPSA) is 52.0 Å². The number of aryl methyl sites for hydroxylation is 3. The minimum Gasteiger partial charge on any atom is -0.399 e. The molecule has 2 nitrogen and oxygen atoms in total. The van der Waals surface area contributed by atoms with Crippen LogP contribution in [0.25, 0.3) is 0 Å². The average Bonchev–Trinajstić information content (AvgIpc) is 2.56. The molecule has 0 radical (unpaired) electrons. The Morgan fingerprint density at radius 2 is 1.25 bits per heavy atom. The highest BCUT2D eigenvalue weighted by Gasteiger charge is 1.99. The van der Waals surface area contributed by atoms with Gasteiger partial charge in [0.15, 0.2) is 0 Å². The molecule has 0 fully saturated rings. The number of benzene rings is 3. The van der Waals surface area contributed by atoms with E-state index in [2.05, 4.69) is 118 Å². The molecule has 0 heterocycles. The predicted molar refractivity (Wildman–Crippen MR) is 151 cm³/mol. The molecular formula is C21H21Br3I2N2. The van der Waals surface area contributed by atoms with Gasteiger partial charge in [-0.25, -0.2) is 0 Å². The Hall–Kier alpha value is 0.160. The zero-order chi connectivity index (χ0) is 21.4. The summed E-state index contributed by atoms with van der Waals surface area (Å²) in [5, 5.41) is 0. The van der Waals surface area contributed by atoms with Gasteiger partial charge >= 0.3 is 0 Å². The van der Waals surface area contributed by atoms with Crippen LogP contribution in [0.1, 0.15) is 16.7 Å². The molecule has 3 aromatic rings. The third kappa shape index (κ3) is 9.77. The quantitative estimate of drug-likeness (QED) is 0.177. The van der Waals surface area contributed by atoms with E-state index in [1.54, 1.807) is 0 Å². The van der Waals surface area contributed by atoms with Crippen molar-refractivity contribution >= 4 is 104 Å². The lowest BCUT2D eigenvalue weighted by Gasteiger charge is -2.02. The summed E-state index contributed by atoms with van der Waals surface area (Å²) in [6, 6.07) is 16.2. The molecule has 0 aromatic heterocycles. The van der Waals surface area contributed by atoms with Gasteiger partial charge in [-0.05, 0) is 131 Å². The highest BCUT2D eigenvalue weighted by atomic mass is 127. The fourth-order valence-electron chi connectivity index (χ4n) is 2.04. The summed E-state index contributed by atoms with van der Waals surface area (Å²) >= 11 is 14.7. The number of anilines is 2. The first kappa shape index (κ1) is 26.2. The first-order valence-electron chi connectivity index (χ1n) is 8.15. The normalized spacial score (nSPS) is 9.71. The lowest BCUT2D eigenvalue weighted by Crippen LogP contribution is -1.92. The van der Waals surface area contributed by atoms with E-state index in [9.17, 15) is 0 Å². The Bertz CT molecular complexity index is 873. The zero-order valence-electron chi connectivity index (χ0n) is 15.7. The minimum atomic E-state index is 0.846. The summed E-state index contributed by atoms with van der Waals surface area (Å²) in [7, 11) is 0. The maximum absolute atomic E-state index is 5.72. The molecule has 28 heavy (non-hydrogen) atoms. The summed E-state index contributed by atoms with van der Waals surface area (Å²) in [5.41, 5.74) is 16.6. The van der Waals surface area contributed by atoms with Crippen LogP contribution in [0.2, 0.25) is 0 Å². The van der Waals surface area contributed by atoms with E-state index in [1.165, 1.54) is 9.13 Å². The monoisotopic (exact) mass is 792 g/mol. The van der Waals surface area contributed by atoms with Crippen LogP contribution in [0.5, 0.6) is 0 Å². The van der Waals surface area contributed by atoms with Crippen molar-refractivity contribution in [1.29, 1.82) is 0 Å². The van der Waals surface area contributed by atoms with Gasteiger partial charge in [-0.3, -0.25) is 0 Å². The maximum Gasteiger partial charge on any atom is 0.0480 e. The van der Waals surface area contributed by atoms with E-state index in [1.807, 2.05) is 44.2 Å². The summed E-state index contributed by atoms with van der Waals surface area (Å²) in [6.07, 6.45) is 0. The second-order valence-electron chi connectivity index (χ2n) is 6.07. The van der Waals surface area contributed by atoms with Crippen molar-refractivity contribution < 1.29 is 0 Å². The second-order valence-corrected chi connectivity index (χ2v) is 11.2. The first-order valence-corrected chi connectivity index (χ1v) is 12.7. The number of hydrogen-bond acceptors (Lipinski definition) is 2. The van der Waals surface area contributed by atoms with Gasteiger partial charge in [-0.2, -0.15) is 0 Å². The molecule has 0 saturated heterocycles. The van der Waals surface area contributed by atoms with Crippen LogP contribution in [0.15, 0.2) is 61.9 Å². The summed E-state index contributed by atoms with van der Waals surface area (Å²) in [4.78, 5) is 0. The average molecular weight is 795 g/mol. The maximum atomic E-state index is 5.72. The van der Waals surface area contributed by atoms with Crippen molar-refractivity contribution in [3.63, 3.8) is 0 Å². The van der Waals surface area contributed by atoms with E-state index >= 15 is 0 Å². The summed E-state index contributed by atoms with van der Waals surface area (Å²) < 4.78 is 5.70. The van der Waals surface area contributed by atoms with E-state index in [4.69, 9.17) is 11.5 Å². The molecule has 0 amide bonds. The van der Waals surface area contributed by atoms with Crippen LogP contribution < -0.4 is 11.5 Å². The zero-order valence-corrected chi connectivity index (χ0v) is 24.7. The molecule has 0 unspecified atom stereocenters. The molecule has 3 aromatic carbocycles. The van der Waals surface area contributed by atoms with Gasteiger partial charge in [0.25, 0.3) is 0 Å². The number of halogens is 5. The van der Waals surface area contributed by atoms with Crippen molar-refractivity contribution in [2.24, 2.45) is 0 Å². The van der Waals surface area contributed by atoms with Crippen LogP contribution in [0.4, 0.5) is 11.4 Å². The molecule has 0 bridgehead atoms. The van der Waals surface area contributed by atoms with Crippen LogP contribution in [0, 0.1) is 27.9 Å². The SMILES string of the molecule is Cc1cc(Br)cc(I)c1.Cc1cc(Br)cc(I)c1N.Cc1cc(Br)ccc1N. The van der Waals surface area contributed by atoms with Crippen molar-refractivity contribution in [2.45, 2.75) is 20.8 Å². The summed E-state index contributed by atoms with van der Waals surface area (Å²) in [6.45, 7) is 6.08. The smallest absolute Gasteiger partial charge is 0.0480 e. The van der Waals surface area contributed by atoms with Gasteiger partial charge in [0.05, 0.1) is 0 Å². The van der Waals surface area contributed by atoms with Gasteiger partial charge in [0.2, 0.25) is 0 Å². The molecule has 0 atom stereocenters.